The normalized spacial score (nSPS) is 19.1. The van der Waals surface area contributed by atoms with Crippen LogP contribution in [0.2, 0.25) is 0 Å². The van der Waals surface area contributed by atoms with Gasteiger partial charge in [-0.25, -0.2) is 0 Å². The Morgan fingerprint density at radius 1 is 1.44 bits per heavy atom. The SMILES string of the molecule is CN(CCC(C)(C)C)C(=O)C1(CN)COC1. The third-order valence-electron chi connectivity index (χ3n) is 3.15. The molecule has 0 saturated carbocycles. The highest BCUT2D eigenvalue weighted by Crippen LogP contribution is 2.29. The van der Waals surface area contributed by atoms with Gasteiger partial charge in [-0.1, -0.05) is 20.8 Å². The van der Waals surface area contributed by atoms with Crippen LogP contribution in [0.3, 0.4) is 0 Å². The molecular weight excluding hydrogens is 204 g/mol. The molecule has 1 rings (SSSR count). The summed E-state index contributed by atoms with van der Waals surface area (Å²) in [6.07, 6.45) is 0.997. The van der Waals surface area contributed by atoms with Crippen molar-refractivity contribution in [2.24, 2.45) is 16.6 Å². The van der Waals surface area contributed by atoms with Crippen molar-refractivity contribution in [3.63, 3.8) is 0 Å². The van der Waals surface area contributed by atoms with Gasteiger partial charge in [-0.05, 0) is 11.8 Å². The smallest absolute Gasteiger partial charge is 0.234 e. The molecule has 4 heteroatoms. The minimum Gasteiger partial charge on any atom is -0.379 e. The first-order chi connectivity index (χ1) is 7.31. The van der Waals surface area contributed by atoms with Crippen molar-refractivity contribution in [3.8, 4) is 0 Å². The van der Waals surface area contributed by atoms with E-state index in [9.17, 15) is 4.79 Å². The van der Waals surface area contributed by atoms with E-state index in [0.717, 1.165) is 13.0 Å². The summed E-state index contributed by atoms with van der Waals surface area (Å²) < 4.78 is 5.12. The van der Waals surface area contributed by atoms with E-state index in [-0.39, 0.29) is 11.3 Å². The van der Waals surface area contributed by atoms with Crippen LogP contribution in [-0.2, 0) is 9.53 Å². The number of rotatable bonds is 4. The first kappa shape index (κ1) is 13.5. The predicted octanol–water partition coefficient (Wildman–Crippen LogP) is 0.856. The molecule has 0 aromatic rings. The first-order valence-electron chi connectivity index (χ1n) is 5.84. The van der Waals surface area contributed by atoms with E-state index in [4.69, 9.17) is 10.5 Å². The summed E-state index contributed by atoms with van der Waals surface area (Å²) in [5.74, 6) is 0.130. The van der Waals surface area contributed by atoms with Crippen LogP contribution in [0.5, 0.6) is 0 Å². The van der Waals surface area contributed by atoms with Gasteiger partial charge in [-0.15, -0.1) is 0 Å². The Morgan fingerprint density at radius 3 is 2.31 bits per heavy atom. The van der Waals surface area contributed by atoms with Crippen LogP contribution < -0.4 is 5.73 Å². The summed E-state index contributed by atoms with van der Waals surface area (Å²) in [4.78, 5) is 14.0. The Balaban J connectivity index is 2.47. The Labute approximate surface area is 98.1 Å². The Hall–Kier alpha value is -0.610. The number of carbonyl (C=O) groups is 1. The fourth-order valence-electron chi connectivity index (χ4n) is 1.69. The molecule has 4 nitrogen and oxygen atoms in total. The van der Waals surface area contributed by atoms with Crippen molar-refractivity contribution in [1.29, 1.82) is 0 Å². The summed E-state index contributed by atoms with van der Waals surface area (Å²) in [6, 6.07) is 0. The molecule has 2 N–H and O–H groups in total. The standard InChI is InChI=1S/C12H24N2O2/c1-11(2,3)5-6-14(4)10(15)12(7-13)8-16-9-12/h5-9,13H2,1-4H3. The van der Waals surface area contributed by atoms with Gasteiger partial charge >= 0.3 is 0 Å². The maximum Gasteiger partial charge on any atom is 0.234 e. The van der Waals surface area contributed by atoms with Gasteiger partial charge in [0.1, 0.15) is 5.41 Å². The summed E-state index contributed by atoms with van der Waals surface area (Å²) in [5, 5.41) is 0. The molecule has 0 atom stereocenters. The molecule has 0 bridgehead atoms. The van der Waals surface area contributed by atoms with Crippen molar-refractivity contribution in [3.05, 3.63) is 0 Å². The lowest BCUT2D eigenvalue weighted by Gasteiger charge is -2.41. The molecule has 1 amide bonds. The van der Waals surface area contributed by atoms with Gasteiger partial charge in [0.25, 0.3) is 0 Å². The highest BCUT2D eigenvalue weighted by atomic mass is 16.5. The molecule has 0 aliphatic carbocycles. The molecule has 1 aliphatic rings. The van der Waals surface area contributed by atoms with E-state index in [0.29, 0.717) is 19.8 Å². The molecule has 0 aromatic heterocycles. The molecule has 94 valence electrons. The zero-order chi connectivity index (χ0) is 12.4. The number of hydrogen-bond acceptors (Lipinski definition) is 3. The lowest BCUT2D eigenvalue weighted by Crippen LogP contribution is -2.58. The van der Waals surface area contributed by atoms with Gasteiger partial charge in [-0.2, -0.15) is 0 Å². The number of hydrogen-bond donors (Lipinski definition) is 1. The highest BCUT2D eigenvalue weighted by Gasteiger charge is 2.46. The molecule has 0 spiro atoms. The fourth-order valence-corrected chi connectivity index (χ4v) is 1.69. The number of ether oxygens (including phenoxy) is 1. The molecule has 1 fully saturated rings. The van der Waals surface area contributed by atoms with Gasteiger partial charge in [0, 0.05) is 20.1 Å². The average molecular weight is 228 g/mol. The second kappa shape index (κ2) is 4.72. The van der Waals surface area contributed by atoms with Crippen LogP contribution in [-0.4, -0.2) is 44.2 Å². The van der Waals surface area contributed by atoms with Crippen LogP contribution >= 0.6 is 0 Å². The molecule has 0 radical (unpaired) electrons. The van der Waals surface area contributed by atoms with E-state index in [1.807, 2.05) is 7.05 Å². The van der Waals surface area contributed by atoms with Crippen molar-refractivity contribution < 1.29 is 9.53 Å². The van der Waals surface area contributed by atoms with Gasteiger partial charge in [-0.3, -0.25) is 4.79 Å². The summed E-state index contributed by atoms with van der Waals surface area (Å²) >= 11 is 0. The van der Waals surface area contributed by atoms with E-state index in [1.54, 1.807) is 4.90 Å². The molecule has 0 unspecified atom stereocenters. The van der Waals surface area contributed by atoms with Crippen molar-refractivity contribution in [2.45, 2.75) is 27.2 Å². The van der Waals surface area contributed by atoms with E-state index < -0.39 is 5.41 Å². The quantitative estimate of drug-likeness (QED) is 0.776. The highest BCUT2D eigenvalue weighted by molar-refractivity contribution is 5.83. The van der Waals surface area contributed by atoms with Gasteiger partial charge < -0.3 is 15.4 Å². The molecule has 1 aliphatic heterocycles. The monoisotopic (exact) mass is 228 g/mol. The Kier molecular flexibility index (Phi) is 3.97. The Morgan fingerprint density at radius 2 is 2.00 bits per heavy atom. The third-order valence-corrected chi connectivity index (χ3v) is 3.15. The fraction of sp³-hybridized carbons (Fsp3) is 0.917. The molecule has 0 aromatic carbocycles. The average Bonchev–Trinajstić information content (AvgIpc) is 2.12. The molecule has 1 saturated heterocycles. The van der Waals surface area contributed by atoms with Crippen LogP contribution in [0, 0.1) is 10.8 Å². The summed E-state index contributed by atoms with van der Waals surface area (Å²) in [7, 11) is 1.85. The molecule has 16 heavy (non-hydrogen) atoms. The summed E-state index contributed by atoms with van der Waals surface area (Å²) in [5.41, 5.74) is 5.47. The van der Waals surface area contributed by atoms with Crippen LogP contribution in [0.1, 0.15) is 27.2 Å². The van der Waals surface area contributed by atoms with Crippen LogP contribution in [0.4, 0.5) is 0 Å². The largest absolute Gasteiger partial charge is 0.379 e. The van der Waals surface area contributed by atoms with Crippen LogP contribution in [0.25, 0.3) is 0 Å². The zero-order valence-corrected chi connectivity index (χ0v) is 10.9. The van der Waals surface area contributed by atoms with Crippen molar-refractivity contribution in [2.75, 3.05) is 33.4 Å². The summed E-state index contributed by atoms with van der Waals surface area (Å²) in [6.45, 7) is 8.64. The first-order valence-corrected chi connectivity index (χ1v) is 5.84. The predicted molar refractivity (Wildman–Crippen MR) is 64.0 cm³/mol. The Bertz CT molecular complexity index is 249. The lowest BCUT2D eigenvalue weighted by atomic mass is 9.84. The van der Waals surface area contributed by atoms with Crippen molar-refractivity contribution in [1.82, 2.24) is 4.90 Å². The molecular formula is C12H24N2O2. The molecule has 1 heterocycles. The van der Waals surface area contributed by atoms with Crippen LogP contribution in [0.15, 0.2) is 0 Å². The lowest BCUT2D eigenvalue weighted by molar-refractivity contribution is -0.169. The number of amides is 1. The second-order valence-electron chi connectivity index (χ2n) is 6.01. The number of carbonyl (C=O) groups excluding carboxylic acids is 1. The number of nitrogens with zero attached hydrogens (tertiary/aromatic N) is 1. The van der Waals surface area contributed by atoms with Gasteiger partial charge in [0.05, 0.1) is 13.2 Å². The van der Waals surface area contributed by atoms with E-state index >= 15 is 0 Å². The minimum absolute atomic E-state index is 0.130. The van der Waals surface area contributed by atoms with Crippen molar-refractivity contribution >= 4 is 5.91 Å². The number of nitrogens with two attached hydrogens (primary N) is 1. The maximum absolute atomic E-state index is 12.2. The topological polar surface area (TPSA) is 55.6 Å². The van der Waals surface area contributed by atoms with E-state index in [1.165, 1.54) is 0 Å². The van der Waals surface area contributed by atoms with Gasteiger partial charge in [0.15, 0.2) is 0 Å². The zero-order valence-electron chi connectivity index (χ0n) is 10.9. The maximum atomic E-state index is 12.2. The second-order valence-corrected chi connectivity index (χ2v) is 6.01. The van der Waals surface area contributed by atoms with E-state index in [2.05, 4.69) is 20.8 Å². The third kappa shape index (κ3) is 2.95. The minimum atomic E-state index is -0.438. The van der Waals surface area contributed by atoms with Gasteiger partial charge in [0.2, 0.25) is 5.91 Å².